The largest absolute Gasteiger partial charge is 0.308 e. The first-order valence-electron chi connectivity index (χ1n) is 9.27. The molecule has 0 atom stereocenters. The van der Waals surface area contributed by atoms with Crippen molar-refractivity contribution < 1.29 is 0 Å². The van der Waals surface area contributed by atoms with Gasteiger partial charge in [-0.2, -0.15) is 5.26 Å². The Hall–Kier alpha value is -2.71. The molecule has 2 aromatic heterocycles. The van der Waals surface area contributed by atoms with E-state index in [1.54, 1.807) is 0 Å². The van der Waals surface area contributed by atoms with E-state index in [1.165, 1.54) is 5.56 Å². The van der Waals surface area contributed by atoms with Crippen LogP contribution in [0, 0.1) is 17.2 Å². The number of benzene rings is 1. The highest BCUT2D eigenvalue weighted by Crippen LogP contribution is 2.24. The topological polar surface area (TPSA) is 57.7 Å². The Labute approximate surface area is 153 Å². The molecule has 1 saturated heterocycles. The molecule has 0 N–H and O–H groups in total. The minimum Gasteiger partial charge on any atom is -0.308 e. The minimum absolute atomic E-state index is 0.545. The average molecular weight is 345 g/mol. The molecule has 1 fully saturated rings. The smallest absolute Gasteiger partial charge is 0.160 e. The fraction of sp³-hybridized carbons (Fsp3) is 0.381. The summed E-state index contributed by atoms with van der Waals surface area (Å²) in [4.78, 5) is 11.7. The van der Waals surface area contributed by atoms with Crippen molar-refractivity contribution in [1.29, 1.82) is 5.26 Å². The lowest BCUT2D eigenvalue weighted by Crippen LogP contribution is -2.34. The second kappa shape index (κ2) is 7.67. The van der Waals surface area contributed by atoms with E-state index in [4.69, 9.17) is 10.2 Å². The van der Waals surface area contributed by atoms with Crippen molar-refractivity contribution in [3.63, 3.8) is 0 Å². The summed E-state index contributed by atoms with van der Waals surface area (Å²) in [5, 5.41) is 8.86. The highest BCUT2D eigenvalue weighted by atomic mass is 15.1. The second-order valence-electron chi connectivity index (χ2n) is 7.03. The number of hydrogen-bond acceptors (Lipinski definition) is 4. The Morgan fingerprint density at radius 2 is 1.88 bits per heavy atom. The van der Waals surface area contributed by atoms with E-state index < -0.39 is 0 Å². The van der Waals surface area contributed by atoms with E-state index in [0.717, 1.165) is 55.9 Å². The summed E-state index contributed by atoms with van der Waals surface area (Å²) in [5.74, 6) is 1.75. The first-order valence-corrected chi connectivity index (χ1v) is 9.27. The molecule has 0 unspecified atom stereocenters. The van der Waals surface area contributed by atoms with Crippen molar-refractivity contribution in [2.45, 2.75) is 25.8 Å². The van der Waals surface area contributed by atoms with E-state index >= 15 is 0 Å². The number of nitrogens with zero attached hydrogens (tertiary/aromatic N) is 5. The zero-order valence-corrected chi connectivity index (χ0v) is 14.9. The van der Waals surface area contributed by atoms with Gasteiger partial charge in [-0.25, -0.2) is 9.97 Å². The summed E-state index contributed by atoms with van der Waals surface area (Å²) in [5.41, 5.74) is 3.20. The summed E-state index contributed by atoms with van der Waals surface area (Å²) in [6, 6.07) is 16.8. The van der Waals surface area contributed by atoms with E-state index in [1.807, 2.05) is 24.4 Å². The highest BCUT2D eigenvalue weighted by Gasteiger charge is 2.22. The minimum atomic E-state index is 0.545. The fourth-order valence-electron chi connectivity index (χ4n) is 3.80. The molecule has 3 heterocycles. The summed E-state index contributed by atoms with van der Waals surface area (Å²) in [6.45, 7) is 3.37. The molecule has 0 spiro atoms. The van der Waals surface area contributed by atoms with E-state index in [9.17, 15) is 0 Å². The molecule has 26 heavy (non-hydrogen) atoms. The number of imidazole rings is 1. The molecule has 5 heteroatoms. The molecule has 1 aliphatic heterocycles. The van der Waals surface area contributed by atoms with E-state index in [2.05, 4.69) is 44.8 Å². The van der Waals surface area contributed by atoms with Gasteiger partial charge in [0.2, 0.25) is 0 Å². The zero-order chi connectivity index (χ0) is 17.8. The van der Waals surface area contributed by atoms with Gasteiger partial charge in [0.25, 0.3) is 0 Å². The van der Waals surface area contributed by atoms with Crippen molar-refractivity contribution in [2.75, 3.05) is 19.6 Å². The number of aromatic nitrogens is 3. The average Bonchev–Trinajstić information content (AvgIpc) is 3.02. The Morgan fingerprint density at radius 3 is 2.65 bits per heavy atom. The maximum absolute atomic E-state index is 8.86. The van der Waals surface area contributed by atoms with Crippen LogP contribution in [0.1, 0.15) is 24.2 Å². The first kappa shape index (κ1) is 16.7. The van der Waals surface area contributed by atoms with Crippen LogP contribution in [0.25, 0.3) is 11.2 Å². The van der Waals surface area contributed by atoms with Gasteiger partial charge in [0.15, 0.2) is 5.65 Å². The molecular formula is C21H23N5. The Kier molecular flexibility index (Phi) is 4.94. The lowest BCUT2D eigenvalue weighted by Gasteiger charge is -2.30. The third-order valence-corrected chi connectivity index (χ3v) is 5.24. The van der Waals surface area contributed by atoms with Gasteiger partial charge in [-0.3, -0.25) is 4.90 Å². The molecular weight excluding hydrogens is 322 g/mol. The van der Waals surface area contributed by atoms with Gasteiger partial charge in [-0.1, -0.05) is 30.3 Å². The second-order valence-corrected chi connectivity index (χ2v) is 7.03. The third kappa shape index (κ3) is 3.61. The number of likely N-dealkylation sites (tertiary alicyclic amines) is 1. The Morgan fingerprint density at radius 1 is 1.08 bits per heavy atom. The van der Waals surface area contributed by atoms with Gasteiger partial charge < -0.3 is 4.57 Å². The number of fused-ring (bicyclic) bond motifs is 1. The molecule has 1 aromatic carbocycles. The molecule has 3 aromatic rings. The lowest BCUT2D eigenvalue weighted by molar-refractivity contribution is 0.200. The quantitative estimate of drug-likeness (QED) is 0.666. The maximum atomic E-state index is 8.86. The molecule has 5 nitrogen and oxygen atoms in total. The van der Waals surface area contributed by atoms with Gasteiger partial charge in [0.1, 0.15) is 11.3 Å². The van der Waals surface area contributed by atoms with Crippen molar-refractivity contribution >= 4 is 11.2 Å². The van der Waals surface area contributed by atoms with Crippen LogP contribution in [-0.2, 0) is 13.0 Å². The van der Waals surface area contributed by atoms with E-state index in [-0.39, 0.29) is 0 Å². The number of piperidine rings is 1. The van der Waals surface area contributed by atoms with Gasteiger partial charge in [-0.15, -0.1) is 0 Å². The molecule has 0 amide bonds. The molecule has 132 valence electrons. The standard InChI is InChI=1S/C21H23N5/c22-10-14-25-12-8-17(9-13-25)15-20-24-19-7-4-11-23-21(19)26(20)16-18-5-2-1-3-6-18/h1-7,11,17H,8-9,12-16H2. The van der Waals surface area contributed by atoms with Crippen LogP contribution in [0.15, 0.2) is 48.7 Å². The summed E-state index contributed by atoms with van der Waals surface area (Å²) in [7, 11) is 0. The monoisotopic (exact) mass is 345 g/mol. The number of nitriles is 1. The Balaban J connectivity index is 1.57. The molecule has 0 aliphatic carbocycles. The van der Waals surface area contributed by atoms with Gasteiger partial charge in [0.05, 0.1) is 19.2 Å². The summed E-state index contributed by atoms with van der Waals surface area (Å²) < 4.78 is 2.27. The van der Waals surface area contributed by atoms with Crippen molar-refractivity contribution in [3.05, 3.63) is 60.0 Å². The predicted octanol–water partition coefficient (Wildman–Crippen LogP) is 3.26. The van der Waals surface area contributed by atoms with E-state index in [0.29, 0.717) is 12.5 Å². The van der Waals surface area contributed by atoms with Crippen LogP contribution in [0.4, 0.5) is 0 Å². The van der Waals surface area contributed by atoms with Crippen molar-refractivity contribution in [1.82, 2.24) is 19.4 Å². The number of pyridine rings is 1. The highest BCUT2D eigenvalue weighted by molar-refractivity contribution is 5.71. The van der Waals surface area contributed by atoms with Crippen LogP contribution in [0.2, 0.25) is 0 Å². The lowest BCUT2D eigenvalue weighted by atomic mass is 9.93. The Bertz CT molecular complexity index is 901. The van der Waals surface area contributed by atoms with Crippen molar-refractivity contribution in [3.8, 4) is 6.07 Å². The van der Waals surface area contributed by atoms with Gasteiger partial charge >= 0.3 is 0 Å². The van der Waals surface area contributed by atoms with Crippen LogP contribution in [-0.4, -0.2) is 39.1 Å². The third-order valence-electron chi connectivity index (χ3n) is 5.24. The summed E-state index contributed by atoms with van der Waals surface area (Å²) >= 11 is 0. The van der Waals surface area contributed by atoms with Gasteiger partial charge in [0, 0.05) is 12.6 Å². The molecule has 0 radical (unpaired) electrons. The fourth-order valence-corrected chi connectivity index (χ4v) is 3.80. The first-order chi connectivity index (χ1) is 12.8. The molecule has 0 bridgehead atoms. The maximum Gasteiger partial charge on any atom is 0.160 e. The molecule has 4 rings (SSSR count). The molecule has 1 aliphatic rings. The number of hydrogen-bond donors (Lipinski definition) is 0. The zero-order valence-electron chi connectivity index (χ0n) is 14.9. The van der Waals surface area contributed by atoms with Crippen LogP contribution >= 0.6 is 0 Å². The normalized spacial score (nSPS) is 16.0. The van der Waals surface area contributed by atoms with Gasteiger partial charge in [-0.05, 0) is 49.5 Å². The predicted molar refractivity (Wildman–Crippen MR) is 102 cm³/mol. The van der Waals surface area contributed by atoms with Crippen LogP contribution < -0.4 is 0 Å². The summed E-state index contributed by atoms with van der Waals surface area (Å²) in [6.07, 6.45) is 5.08. The SMILES string of the molecule is N#CCN1CCC(Cc2nc3cccnc3n2Cc2ccccc2)CC1. The van der Waals surface area contributed by atoms with Crippen molar-refractivity contribution in [2.24, 2.45) is 5.92 Å². The number of rotatable bonds is 5. The van der Waals surface area contributed by atoms with Crippen LogP contribution in [0.5, 0.6) is 0 Å². The molecule has 0 saturated carbocycles. The van der Waals surface area contributed by atoms with Crippen LogP contribution in [0.3, 0.4) is 0 Å².